The lowest BCUT2D eigenvalue weighted by atomic mass is 10.0. The molecule has 18 heavy (non-hydrogen) atoms. The van der Waals surface area contributed by atoms with Crippen LogP contribution in [-0.4, -0.2) is 4.98 Å². The van der Waals surface area contributed by atoms with Gasteiger partial charge in [-0.1, -0.05) is 17.7 Å². The van der Waals surface area contributed by atoms with Gasteiger partial charge in [-0.15, -0.1) is 0 Å². The minimum absolute atomic E-state index is 0.238. The maximum atomic E-state index is 13.1. The molecule has 1 aromatic heterocycles. The lowest BCUT2D eigenvalue weighted by Crippen LogP contribution is -2.14. The molecule has 0 bridgehead atoms. The zero-order chi connectivity index (χ0) is 13.1. The molecule has 0 amide bonds. The first-order chi connectivity index (χ1) is 8.58. The first-order valence-corrected chi connectivity index (χ1v) is 6.54. The summed E-state index contributed by atoms with van der Waals surface area (Å²) in [5, 5.41) is 0.547. The second-order valence-corrected chi connectivity index (χ2v) is 5.22. The van der Waals surface area contributed by atoms with Crippen molar-refractivity contribution in [2.24, 2.45) is 5.73 Å². The third-order valence-corrected chi connectivity index (χ3v) is 3.57. The summed E-state index contributed by atoms with van der Waals surface area (Å²) < 4.78 is 13.6. The molecular formula is C13H11BrClFN2. The van der Waals surface area contributed by atoms with Crippen molar-refractivity contribution in [2.75, 3.05) is 0 Å². The molecule has 0 aliphatic heterocycles. The fourth-order valence-corrected chi connectivity index (χ4v) is 2.40. The fraction of sp³-hybridized carbons (Fsp3) is 0.154. The van der Waals surface area contributed by atoms with Crippen LogP contribution in [0.1, 0.15) is 17.2 Å². The Kier molecular flexibility index (Phi) is 4.32. The van der Waals surface area contributed by atoms with Gasteiger partial charge in [-0.05, 0) is 51.7 Å². The van der Waals surface area contributed by atoms with Gasteiger partial charge in [0.1, 0.15) is 5.82 Å². The number of rotatable bonds is 3. The summed E-state index contributed by atoms with van der Waals surface area (Å²) in [5.74, 6) is -0.283. The van der Waals surface area contributed by atoms with E-state index >= 15 is 0 Å². The van der Waals surface area contributed by atoms with Crippen LogP contribution < -0.4 is 5.73 Å². The quantitative estimate of drug-likeness (QED) is 0.928. The second kappa shape index (κ2) is 5.78. The van der Waals surface area contributed by atoms with Crippen molar-refractivity contribution in [3.05, 3.63) is 63.1 Å². The van der Waals surface area contributed by atoms with Gasteiger partial charge in [-0.2, -0.15) is 0 Å². The Morgan fingerprint density at radius 3 is 2.83 bits per heavy atom. The first kappa shape index (κ1) is 13.5. The van der Waals surface area contributed by atoms with Crippen LogP contribution in [0.2, 0.25) is 5.02 Å². The zero-order valence-electron chi connectivity index (χ0n) is 9.41. The Morgan fingerprint density at radius 2 is 2.17 bits per heavy atom. The third-order valence-electron chi connectivity index (χ3n) is 2.64. The molecule has 2 aromatic rings. The van der Waals surface area contributed by atoms with E-state index in [-0.39, 0.29) is 11.9 Å². The highest BCUT2D eigenvalue weighted by Gasteiger charge is 2.11. The summed E-state index contributed by atoms with van der Waals surface area (Å²) in [6.07, 6.45) is 3.81. The number of nitrogens with two attached hydrogens (primary N) is 1. The van der Waals surface area contributed by atoms with Crippen molar-refractivity contribution in [3.8, 4) is 0 Å². The maximum absolute atomic E-state index is 13.1. The van der Waals surface area contributed by atoms with E-state index < -0.39 is 0 Å². The molecule has 94 valence electrons. The average Bonchev–Trinajstić information content (AvgIpc) is 2.34. The van der Waals surface area contributed by atoms with Crippen LogP contribution in [0.15, 0.2) is 41.1 Å². The molecule has 0 saturated heterocycles. The summed E-state index contributed by atoms with van der Waals surface area (Å²) in [6.45, 7) is 0. The Hall–Kier alpha value is -0.970. The molecule has 0 fully saturated rings. The predicted molar refractivity (Wildman–Crippen MR) is 74.0 cm³/mol. The highest BCUT2D eigenvalue weighted by molar-refractivity contribution is 9.10. The van der Waals surface area contributed by atoms with Crippen molar-refractivity contribution in [3.63, 3.8) is 0 Å². The molecule has 0 aliphatic carbocycles. The molecule has 2 N–H and O–H groups in total. The largest absolute Gasteiger partial charge is 0.324 e. The van der Waals surface area contributed by atoms with Gasteiger partial charge < -0.3 is 5.73 Å². The van der Waals surface area contributed by atoms with Crippen LogP contribution >= 0.6 is 27.5 Å². The van der Waals surface area contributed by atoms with Crippen molar-refractivity contribution in [1.82, 2.24) is 4.98 Å². The first-order valence-electron chi connectivity index (χ1n) is 5.37. The monoisotopic (exact) mass is 328 g/mol. The highest BCUT2D eigenvalue weighted by atomic mass is 79.9. The van der Waals surface area contributed by atoms with E-state index in [4.69, 9.17) is 17.3 Å². The Morgan fingerprint density at radius 1 is 1.39 bits per heavy atom. The lowest BCUT2D eigenvalue weighted by molar-refractivity contribution is 0.618. The standard InChI is InChI=1S/C13H11BrClFN2/c14-10-5-8(1-2-12(10)16)6-13(17)9-3-4-18-7-11(9)15/h1-5,7,13H,6,17H2. The number of pyridine rings is 1. The molecule has 1 heterocycles. The Balaban J connectivity index is 2.19. The van der Waals surface area contributed by atoms with Gasteiger partial charge in [0.2, 0.25) is 0 Å². The van der Waals surface area contributed by atoms with E-state index in [1.165, 1.54) is 6.07 Å². The molecule has 1 unspecified atom stereocenters. The molecule has 2 rings (SSSR count). The summed E-state index contributed by atoms with van der Waals surface area (Å²) in [5.41, 5.74) is 7.88. The van der Waals surface area contributed by atoms with Crippen LogP contribution in [0.4, 0.5) is 4.39 Å². The molecule has 0 spiro atoms. The minimum atomic E-state index is -0.283. The number of halogens is 3. The molecule has 0 aliphatic rings. The van der Waals surface area contributed by atoms with Crippen molar-refractivity contribution < 1.29 is 4.39 Å². The third kappa shape index (κ3) is 3.07. The van der Waals surface area contributed by atoms with Crippen LogP contribution in [0.25, 0.3) is 0 Å². The fourth-order valence-electron chi connectivity index (χ4n) is 1.72. The van der Waals surface area contributed by atoms with Gasteiger partial charge in [-0.3, -0.25) is 4.98 Å². The van der Waals surface area contributed by atoms with Gasteiger partial charge in [0.25, 0.3) is 0 Å². The number of hydrogen-bond donors (Lipinski definition) is 1. The van der Waals surface area contributed by atoms with Gasteiger partial charge in [0.15, 0.2) is 0 Å². The molecule has 5 heteroatoms. The SMILES string of the molecule is NC(Cc1ccc(F)c(Br)c1)c1ccncc1Cl. The predicted octanol–water partition coefficient (Wildman–Crippen LogP) is 3.88. The summed E-state index contributed by atoms with van der Waals surface area (Å²) in [7, 11) is 0. The molecule has 0 radical (unpaired) electrons. The minimum Gasteiger partial charge on any atom is -0.324 e. The smallest absolute Gasteiger partial charge is 0.137 e. The summed E-state index contributed by atoms with van der Waals surface area (Å²) in [6, 6.07) is 6.42. The normalized spacial score (nSPS) is 12.4. The number of hydrogen-bond acceptors (Lipinski definition) is 2. The summed E-state index contributed by atoms with van der Waals surface area (Å²) in [4.78, 5) is 3.92. The van der Waals surface area contributed by atoms with E-state index in [9.17, 15) is 4.39 Å². The van der Waals surface area contributed by atoms with Crippen molar-refractivity contribution >= 4 is 27.5 Å². The van der Waals surface area contributed by atoms with Crippen molar-refractivity contribution in [1.29, 1.82) is 0 Å². The van der Waals surface area contributed by atoms with Crippen LogP contribution in [0.3, 0.4) is 0 Å². The second-order valence-electron chi connectivity index (χ2n) is 3.96. The van der Waals surface area contributed by atoms with E-state index in [1.807, 2.05) is 0 Å². The summed E-state index contributed by atoms with van der Waals surface area (Å²) >= 11 is 9.18. The highest BCUT2D eigenvalue weighted by Crippen LogP contribution is 2.24. The van der Waals surface area contributed by atoms with Crippen LogP contribution in [0, 0.1) is 5.82 Å². The van der Waals surface area contributed by atoms with Crippen LogP contribution in [-0.2, 0) is 6.42 Å². The topological polar surface area (TPSA) is 38.9 Å². The number of benzene rings is 1. The van der Waals surface area contributed by atoms with E-state index in [2.05, 4.69) is 20.9 Å². The van der Waals surface area contributed by atoms with Gasteiger partial charge in [0, 0.05) is 18.4 Å². The molecular weight excluding hydrogens is 319 g/mol. The van der Waals surface area contributed by atoms with E-state index in [0.717, 1.165) is 11.1 Å². The number of nitrogens with zero attached hydrogens (tertiary/aromatic N) is 1. The van der Waals surface area contributed by atoms with E-state index in [1.54, 1.807) is 30.6 Å². The van der Waals surface area contributed by atoms with Gasteiger partial charge in [0.05, 0.1) is 9.50 Å². The average molecular weight is 330 g/mol. The van der Waals surface area contributed by atoms with Crippen LogP contribution in [0.5, 0.6) is 0 Å². The van der Waals surface area contributed by atoms with Gasteiger partial charge in [-0.25, -0.2) is 4.39 Å². The van der Waals surface area contributed by atoms with Crippen molar-refractivity contribution in [2.45, 2.75) is 12.5 Å². The Bertz CT molecular complexity index is 562. The lowest BCUT2D eigenvalue weighted by Gasteiger charge is -2.13. The molecule has 1 atom stereocenters. The van der Waals surface area contributed by atoms with Gasteiger partial charge >= 0.3 is 0 Å². The Labute approximate surface area is 118 Å². The van der Waals surface area contributed by atoms with E-state index in [0.29, 0.717) is 15.9 Å². The molecule has 2 nitrogen and oxygen atoms in total. The number of aromatic nitrogens is 1. The maximum Gasteiger partial charge on any atom is 0.137 e. The molecule has 1 aromatic carbocycles. The zero-order valence-corrected chi connectivity index (χ0v) is 11.7. The molecule has 0 saturated carbocycles.